The normalized spacial score (nSPS) is 15.6. The molecule has 0 radical (unpaired) electrons. The van der Waals surface area contributed by atoms with Crippen LogP contribution in [0.4, 0.5) is 0 Å². The van der Waals surface area contributed by atoms with Crippen LogP contribution in [0.3, 0.4) is 0 Å². The highest BCUT2D eigenvalue weighted by molar-refractivity contribution is 6.32. The number of methoxy groups -OCH3 is 1. The first-order valence-electron chi connectivity index (χ1n) is 8.66. The second kappa shape index (κ2) is 9.74. The number of carbonyl (C=O) groups excluding carboxylic acids is 1. The molecule has 1 heterocycles. The topological polar surface area (TPSA) is 50.8 Å². The molecule has 0 spiro atoms. The Balaban J connectivity index is 1.92. The molecule has 0 atom stereocenters. The van der Waals surface area contributed by atoms with E-state index >= 15 is 0 Å². The van der Waals surface area contributed by atoms with E-state index in [2.05, 4.69) is 10.2 Å². The van der Waals surface area contributed by atoms with E-state index in [9.17, 15) is 4.79 Å². The van der Waals surface area contributed by atoms with Gasteiger partial charge in [-0.2, -0.15) is 0 Å². The third kappa shape index (κ3) is 5.28. The molecule has 1 amide bonds. The van der Waals surface area contributed by atoms with Crippen LogP contribution in [-0.2, 0) is 0 Å². The fraction of sp³-hybridized carbons (Fsp3) is 0.611. The summed E-state index contributed by atoms with van der Waals surface area (Å²) in [6.07, 6.45) is 5.12. The van der Waals surface area contributed by atoms with E-state index in [1.165, 1.54) is 32.8 Å². The number of ether oxygens (including phenoxy) is 2. The van der Waals surface area contributed by atoms with Crippen molar-refractivity contribution in [1.82, 2.24) is 10.2 Å². The summed E-state index contributed by atoms with van der Waals surface area (Å²) in [5, 5.41) is 3.34. The Morgan fingerprint density at radius 1 is 1.25 bits per heavy atom. The predicted molar refractivity (Wildman–Crippen MR) is 96.4 cm³/mol. The average molecular weight is 355 g/mol. The molecule has 0 aromatic heterocycles. The van der Waals surface area contributed by atoms with Gasteiger partial charge < -0.3 is 19.7 Å². The van der Waals surface area contributed by atoms with Gasteiger partial charge in [0.1, 0.15) is 0 Å². The highest BCUT2D eigenvalue weighted by atomic mass is 35.5. The fourth-order valence-corrected chi connectivity index (χ4v) is 3.19. The second-order valence-corrected chi connectivity index (χ2v) is 6.34. The molecule has 6 heteroatoms. The summed E-state index contributed by atoms with van der Waals surface area (Å²) in [5.74, 6) is 0.804. The quantitative estimate of drug-likeness (QED) is 0.815. The number of hydrogen-bond acceptors (Lipinski definition) is 4. The number of amides is 1. The van der Waals surface area contributed by atoms with Gasteiger partial charge in [-0.15, -0.1) is 0 Å². The second-order valence-electron chi connectivity index (χ2n) is 5.93. The lowest BCUT2D eigenvalue weighted by Gasteiger charge is -2.20. The van der Waals surface area contributed by atoms with E-state index in [0.29, 0.717) is 35.2 Å². The smallest absolute Gasteiger partial charge is 0.251 e. The molecule has 0 aliphatic carbocycles. The van der Waals surface area contributed by atoms with Crippen LogP contribution >= 0.6 is 11.6 Å². The number of benzene rings is 1. The van der Waals surface area contributed by atoms with Crippen LogP contribution in [0.25, 0.3) is 0 Å². The molecule has 2 rings (SSSR count). The molecule has 134 valence electrons. The maximum Gasteiger partial charge on any atom is 0.251 e. The van der Waals surface area contributed by atoms with E-state index in [0.717, 1.165) is 19.6 Å². The Morgan fingerprint density at radius 3 is 2.58 bits per heavy atom. The number of halogens is 1. The minimum Gasteiger partial charge on any atom is -0.493 e. The van der Waals surface area contributed by atoms with E-state index in [1.807, 2.05) is 6.92 Å². The van der Waals surface area contributed by atoms with Gasteiger partial charge in [-0.1, -0.05) is 24.4 Å². The van der Waals surface area contributed by atoms with Crippen LogP contribution in [-0.4, -0.2) is 50.7 Å². The SMILES string of the molecule is CCOc1c(Cl)cc(C(=O)NCCN2CCCCCC2)cc1OC. The predicted octanol–water partition coefficient (Wildman–Crippen LogP) is 3.35. The molecular weight excluding hydrogens is 328 g/mol. The Bertz CT molecular complexity index is 543. The first-order chi connectivity index (χ1) is 11.7. The van der Waals surface area contributed by atoms with Gasteiger partial charge >= 0.3 is 0 Å². The lowest BCUT2D eigenvalue weighted by atomic mass is 10.2. The first-order valence-corrected chi connectivity index (χ1v) is 9.04. The van der Waals surface area contributed by atoms with E-state index < -0.39 is 0 Å². The number of hydrogen-bond donors (Lipinski definition) is 1. The Hall–Kier alpha value is -1.46. The zero-order valence-electron chi connectivity index (χ0n) is 14.6. The third-order valence-electron chi connectivity index (χ3n) is 4.19. The minimum atomic E-state index is -0.145. The maximum absolute atomic E-state index is 12.4. The highest BCUT2D eigenvalue weighted by Gasteiger charge is 2.16. The largest absolute Gasteiger partial charge is 0.493 e. The average Bonchev–Trinajstić information content (AvgIpc) is 2.85. The summed E-state index contributed by atoms with van der Waals surface area (Å²) in [7, 11) is 1.54. The monoisotopic (exact) mass is 354 g/mol. The highest BCUT2D eigenvalue weighted by Crippen LogP contribution is 2.36. The summed E-state index contributed by atoms with van der Waals surface area (Å²) in [6, 6.07) is 3.29. The van der Waals surface area contributed by atoms with Crippen molar-refractivity contribution in [2.75, 3.05) is 39.9 Å². The zero-order chi connectivity index (χ0) is 17.4. The Morgan fingerprint density at radius 2 is 1.96 bits per heavy atom. The Kier molecular flexibility index (Phi) is 7.66. The Labute approximate surface area is 149 Å². The fourth-order valence-electron chi connectivity index (χ4n) is 2.92. The molecule has 1 aliphatic heterocycles. The van der Waals surface area contributed by atoms with Crippen LogP contribution in [0.1, 0.15) is 43.0 Å². The van der Waals surface area contributed by atoms with Gasteiger partial charge in [-0.05, 0) is 45.0 Å². The standard InChI is InChI=1S/C18H27ClN2O3/c1-3-24-17-15(19)12-14(13-16(17)23-2)18(22)20-8-11-21-9-6-4-5-7-10-21/h12-13H,3-11H2,1-2H3,(H,20,22). The lowest BCUT2D eigenvalue weighted by molar-refractivity contribution is 0.0948. The minimum absolute atomic E-state index is 0.145. The molecule has 0 saturated carbocycles. The molecule has 5 nitrogen and oxygen atoms in total. The molecule has 1 N–H and O–H groups in total. The summed E-state index contributed by atoms with van der Waals surface area (Å²) in [4.78, 5) is 14.8. The van der Waals surface area contributed by atoms with Gasteiger partial charge in [0, 0.05) is 18.7 Å². The van der Waals surface area contributed by atoms with E-state index in [4.69, 9.17) is 21.1 Å². The first kappa shape index (κ1) is 18.9. The van der Waals surface area contributed by atoms with Crippen LogP contribution < -0.4 is 14.8 Å². The van der Waals surface area contributed by atoms with E-state index in [1.54, 1.807) is 12.1 Å². The molecule has 1 aromatic carbocycles. The van der Waals surface area contributed by atoms with Crippen LogP contribution in [0.2, 0.25) is 5.02 Å². The van der Waals surface area contributed by atoms with Gasteiger partial charge in [0.25, 0.3) is 5.91 Å². The number of likely N-dealkylation sites (tertiary alicyclic amines) is 1. The van der Waals surface area contributed by atoms with E-state index in [-0.39, 0.29) is 5.91 Å². The third-order valence-corrected chi connectivity index (χ3v) is 4.47. The van der Waals surface area contributed by atoms with Crippen molar-refractivity contribution in [2.24, 2.45) is 0 Å². The van der Waals surface area contributed by atoms with Crippen molar-refractivity contribution >= 4 is 17.5 Å². The van der Waals surface area contributed by atoms with Gasteiger partial charge in [-0.25, -0.2) is 0 Å². The van der Waals surface area contributed by atoms with Gasteiger partial charge in [0.15, 0.2) is 11.5 Å². The number of nitrogens with one attached hydrogen (secondary N) is 1. The summed E-state index contributed by atoms with van der Waals surface area (Å²) in [6.45, 7) is 6.12. The van der Waals surface area contributed by atoms with Gasteiger partial charge in [-0.3, -0.25) is 4.79 Å². The molecule has 0 unspecified atom stereocenters. The van der Waals surface area contributed by atoms with Crippen LogP contribution in [0.5, 0.6) is 11.5 Å². The number of carbonyl (C=O) groups is 1. The molecular formula is C18H27ClN2O3. The summed E-state index contributed by atoms with van der Waals surface area (Å²) >= 11 is 6.22. The van der Waals surface area contributed by atoms with Gasteiger partial charge in [0.05, 0.1) is 18.7 Å². The molecule has 1 aromatic rings. The van der Waals surface area contributed by atoms with Crippen molar-refractivity contribution < 1.29 is 14.3 Å². The number of nitrogens with zero attached hydrogens (tertiary/aromatic N) is 1. The van der Waals surface area contributed by atoms with Crippen molar-refractivity contribution in [1.29, 1.82) is 0 Å². The molecule has 1 aliphatic rings. The van der Waals surface area contributed by atoms with Crippen molar-refractivity contribution in [3.05, 3.63) is 22.7 Å². The summed E-state index contributed by atoms with van der Waals surface area (Å²) in [5.41, 5.74) is 0.483. The van der Waals surface area contributed by atoms with Crippen molar-refractivity contribution in [2.45, 2.75) is 32.6 Å². The lowest BCUT2D eigenvalue weighted by Crippen LogP contribution is -2.35. The molecule has 0 bridgehead atoms. The molecule has 24 heavy (non-hydrogen) atoms. The van der Waals surface area contributed by atoms with Crippen molar-refractivity contribution in [3.63, 3.8) is 0 Å². The maximum atomic E-state index is 12.4. The molecule has 1 saturated heterocycles. The van der Waals surface area contributed by atoms with Gasteiger partial charge in [0.2, 0.25) is 0 Å². The molecule has 1 fully saturated rings. The van der Waals surface area contributed by atoms with Crippen molar-refractivity contribution in [3.8, 4) is 11.5 Å². The number of rotatable bonds is 7. The van der Waals surface area contributed by atoms with Crippen LogP contribution in [0, 0.1) is 0 Å². The zero-order valence-corrected chi connectivity index (χ0v) is 15.3. The van der Waals surface area contributed by atoms with Crippen LogP contribution in [0.15, 0.2) is 12.1 Å². The summed E-state index contributed by atoms with van der Waals surface area (Å²) < 4.78 is 10.8.